The standard InChI is InChI=1S/C23H28F2O2/c1-3-5-6-7-15-27-21-13-11-17-16-10-12-20(26-14-4-2)22(24)18(16)8-9-19(17)23(21)25/h10-13H,3-9,14-15H2,1-2H3. The van der Waals surface area contributed by atoms with Crippen LogP contribution in [0.2, 0.25) is 0 Å². The van der Waals surface area contributed by atoms with Crippen LogP contribution in [0.4, 0.5) is 8.78 Å². The van der Waals surface area contributed by atoms with Gasteiger partial charge in [-0.05, 0) is 60.1 Å². The monoisotopic (exact) mass is 374 g/mol. The number of hydrogen-bond acceptors (Lipinski definition) is 2. The van der Waals surface area contributed by atoms with Gasteiger partial charge in [0.2, 0.25) is 0 Å². The Hall–Kier alpha value is -2.10. The number of rotatable bonds is 9. The Labute approximate surface area is 160 Å². The first-order chi connectivity index (χ1) is 13.2. The third-order valence-corrected chi connectivity index (χ3v) is 5.05. The molecular formula is C23H28F2O2. The summed E-state index contributed by atoms with van der Waals surface area (Å²) < 4.78 is 40.8. The zero-order chi connectivity index (χ0) is 19.2. The van der Waals surface area contributed by atoms with Crippen LogP contribution in [0.3, 0.4) is 0 Å². The van der Waals surface area contributed by atoms with Crippen molar-refractivity contribution in [2.24, 2.45) is 0 Å². The van der Waals surface area contributed by atoms with Crippen LogP contribution in [0.25, 0.3) is 11.1 Å². The molecule has 1 aliphatic carbocycles. The van der Waals surface area contributed by atoms with Crippen molar-refractivity contribution >= 4 is 0 Å². The highest BCUT2D eigenvalue weighted by atomic mass is 19.1. The van der Waals surface area contributed by atoms with Crippen LogP contribution in [0.5, 0.6) is 11.5 Å². The van der Waals surface area contributed by atoms with E-state index < -0.39 is 0 Å². The molecule has 2 aromatic carbocycles. The minimum Gasteiger partial charge on any atom is -0.491 e. The van der Waals surface area contributed by atoms with E-state index in [4.69, 9.17) is 9.47 Å². The molecular weight excluding hydrogens is 346 g/mol. The fourth-order valence-electron chi connectivity index (χ4n) is 3.59. The minimum absolute atomic E-state index is 0.284. The molecule has 0 spiro atoms. The fourth-order valence-corrected chi connectivity index (χ4v) is 3.59. The van der Waals surface area contributed by atoms with Crippen LogP contribution in [0.1, 0.15) is 57.1 Å². The van der Waals surface area contributed by atoms with Gasteiger partial charge >= 0.3 is 0 Å². The molecule has 2 aromatic rings. The lowest BCUT2D eigenvalue weighted by molar-refractivity contribution is 0.289. The van der Waals surface area contributed by atoms with Crippen molar-refractivity contribution in [2.45, 2.75) is 58.8 Å². The van der Waals surface area contributed by atoms with E-state index in [2.05, 4.69) is 6.92 Å². The lowest BCUT2D eigenvalue weighted by atomic mass is 9.84. The molecule has 27 heavy (non-hydrogen) atoms. The summed E-state index contributed by atoms with van der Waals surface area (Å²) in [5, 5.41) is 0. The summed E-state index contributed by atoms with van der Waals surface area (Å²) in [6.45, 7) is 5.15. The largest absolute Gasteiger partial charge is 0.491 e. The third kappa shape index (κ3) is 4.26. The predicted molar refractivity (Wildman–Crippen MR) is 105 cm³/mol. The second kappa shape index (κ2) is 9.20. The molecule has 146 valence electrons. The zero-order valence-electron chi connectivity index (χ0n) is 16.2. The molecule has 0 saturated heterocycles. The lowest BCUT2D eigenvalue weighted by Gasteiger charge is -2.23. The quantitative estimate of drug-likeness (QED) is 0.468. The van der Waals surface area contributed by atoms with Gasteiger partial charge in [-0.25, -0.2) is 8.78 Å². The maximum Gasteiger partial charge on any atom is 0.168 e. The topological polar surface area (TPSA) is 18.5 Å². The molecule has 2 nitrogen and oxygen atoms in total. The van der Waals surface area contributed by atoms with Crippen LogP contribution in [-0.2, 0) is 12.8 Å². The highest BCUT2D eigenvalue weighted by Gasteiger charge is 2.25. The normalized spacial score (nSPS) is 12.4. The molecule has 0 aliphatic heterocycles. The fraction of sp³-hybridized carbons (Fsp3) is 0.478. The van der Waals surface area contributed by atoms with Crippen LogP contribution >= 0.6 is 0 Å². The number of halogens is 2. The Kier molecular flexibility index (Phi) is 6.70. The summed E-state index contributed by atoms with van der Waals surface area (Å²) in [5.41, 5.74) is 2.75. The van der Waals surface area contributed by atoms with Crippen molar-refractivity contribution < 1.29 is 18.3 Å². The molecule has 0 heterocycles. The van der Waals surface area contributed by atoms with Gasteiger partial charge in [0.25, 0.3) is 0 Å². The van der Waals surface area contributed by atoms with Gasteiger partial charge in [0.05, 0.1) is 13.2 Å². The molecule has 0 atom stereocenters. The smallest absolute Gasteiger partial charge is 0.168 e. The van der Waals surface area contributed by atoms with Gasteiger partial charge in [-0.2, -0.15) is 0 Å². The van der Waals surface area contributed by atoms with E-state index in [1.165, 1.54) is 6.42 Å². The highest BCUT2D eigenvalue weighted by molar-refractivity contribution is 5.75. The summed E-state index contributed by atoms with van der Waals surface area (Å²) in [7, 11) is 0. The van der Waals surface area contributed by atoms with E-state index in [1.54, 1.807) is 12.1 Å². The molecule has 3 rings (SSSR count). The van der Waals surface area contributed by atoms with Gasteiger partial charge in [0.1, 0.15) is 0 Å². The molecule has 0 N–H and O–H groups in total. The minimum atomic E-state index is -0.316. The second-order valence-corrected chi connectivity index (χ2v) is 7.07. The van der Waals surface area contributed by atoms with E-state index in [0.29, 0.717) is 42.9 Å². The number of fused-ring (bicyclic) bond motifs is 3. The van der Waals surface area contributed by atoms with Gasteiger partial charge < -0.3 is 9.47 Å². The molecule has 0 bridgehead atoms. The Morgan fingerprint density at radius 3 is 1.78 bits per heavy atom. The lowest BCUT2D eigenvalue weighted by Crippen LogP contribution is -2.11. The van der Waals surface area contributed by atoms with Crippen LogP contribution in [0, 0.1) is 11.6 Å². The van der Waals surface area contributed by atoms with E-state index in [1.807, 2.05) is 19.1 Å². The Bertz CT molecular complexity index is 786. The van der Waals surface area contributed by atoms with Crippen LogP contribution in [-0.4, -0.2) is 13.2 Å². The Morgan fingerprint density at radius 2 is 1.26 bits per heavy atom. The average molecular weight is 374 g/mol. The molecule has 0 unspecified atom stereocenters. The van der Waals surface area contributed by atoms with Crippen LogP contribution < -0.4 is 9.47 Å². The van der Waals surface area contributed by atoms with Crippen molar-refractivity contribution in [3.8, 4) is 22.6 Å². The summed E-state index contributed by atoms with van der Waals surface area (Å²) in [4.78, 5) is 0. The predicted octanol–water partition coefficient (Wildman–Crippen LogP) is 6.48. The van der Waals surface area contributed by atoms with Crippen molar-refractivity contribution in [3.63, 3.8) is 0 Å². The van der Waals surface area contributed by atoms with E-state index in [9.17, 15) is 8.78 Å². The van der Waals surface area contributed by atoms with E-state index in [0.717, 1.165) is 36.8 Å². The molecule has 1 aliphatic rings. The Morgan fingerprint density at radius 1 is 0.704 bits per heavy atom. The van der Waals surface area contributed by atoms with E-state index >= 15 is 0 Å². The first-order valence-corrected chi connectivity index (χ1v) is 10.1. The Balaban J connectivity index is 1.81. The first kappa shape index (κ1) is 19.7. The van der Waals surface area contributed by atoms with Crippen molar-refractivity contribution in [3.05, 3.63) is 47.0 Å². The number of unbranched alkanes of at least 4 members (excludes halogenated alkanes) is 3. The summed E-state index contributed by atoms with van der Waals surface area (Å²) >= 11 is 0. The highest BCUT2D eigenvalue weighted by Crippen LogP contribution is 2.40. The number of benzene rings is 2. The third-order valence-electron chi connectivity index (χ3n) is 5.05. The summed E-state index contributed by atoms with van der Waals surface area (Å²) in [6.07, 6.45) is 6.11. The molecule has 0 amide bonds. The van der Waals surface area contributed by atoms with Gasteiger partial charge in [-0.15, -0.1) is 0 Å². The average Bonchev–Trinajstić information content (AvgIpc) is 2.68. The summed E-state index contributed by atoms with van der Waals surface area (Å²) in [5.74, 6) is -0.0350. The van der Waals surface area contributed by atoms with Gasteiger partial charge in [0.15, 0.2) is 23.1 Å². The maximum absolute atomic E-state index is 14.9. The van der Waals surface area contributed by atoms with Gasteiger partial charge in [-0.3, -0.25) is 0 Å². The SMILES string of the molecule is CCCCCCOc1ccc2c(c1F)CCc1c-2ccc(OCCC)c1F. The molecule has 0 aromatic heterocycles. The maximum atomic E-state index is 14.9. The van der Waals surface area contributed by atoms with E-state index in [-0.39, 0.29) is 17.4 Å². The molecule has 0 fully saturated rings. The van der Waals surface area contributed by atoms with Crippen LogP contribution in [0.15, 0.2) is 24.3 Å². The molecule has 0 saturated carbocycles. The van der Waals surface area contributed by atoms with Gasteiger partial charge in [0, 0.05) is 0 Å². The van der Waals surface area contributed by atoms with Crippen molar-refractivity contribution in [1.29, 1.82) is 0 Å². The summed E-state index contributed by atoms with van der Waals surface area (Å²) in [6, 6.07) is 7.01. The molecule has 4 heteroatoms. The van der Waals surface area contributed by atoms with Crippen molar-refractivity contribution in [2.75, 3.05) is 13.2 Å². The first-order valence-electron chi connectivity index (χ1n) is 10.1. The number of ether oxygens (including phenoxy) is 2. The zero-order valence-corrected chi connectivity index (χ0v) is 16.2. The number of hydrogen-bond donors (Lipinski definition) is 0. The van der Waals surface area contributed by atoms with Gasteiger partial charge in [-0.1, -0.05) is 45.2 Å². The van der Waals surface area contributed by atoms with Crippen molar-refractivity contribution in [1.82, 2.24) is 0 Å². The molecule has 0 radical (unpaired) electrons. The second-order valence-electron chi connectivity index (χ2n) is 7.07.